The van der Waals surface area contributed by atoms with Crippen LogP contribution in [0.1, 0.15) is 5.56 Å². The van der Waals surface area contributed by atoms with Gasteiger partial charge >= 0.3 is 0 Å². The summed E-state index contributed by atoms with van der Waals surface area (Å²) in [6.45, 7) is 1.57. The molecule has 1 amide bonds. The van der Waals surface area contributed by atoms with E-state index in [1.54, 1.807) is 7.11 Å². The van der Waals surface area contributed by atoms with Crippen molar-refractivity contribution < 1.29 is 14.3 Å². The molecule has 1 aromatic carbocycles. The van der Waals surface area contributed by atoms with Gasteiger partial charge in [0.1, 0.15) is 18.2 Å². The largest absolute Gasteiger partial charge is 0.491 e. The number of carbonyl (C=O) groups excluding carboxylic acids is 1. The highest BCUT2D eigenvalue weighted by Gasteiger charge is 1.99. The highest BCUT2D eigenvalue weighted by atomic mass is 35.5. The Bertz CT molecular complexity index is 340. The predicted molar refractivity (Wildman–Crippen MR) is 66.4 cm³/mol. The molecule has 0 radical (unpaired) electrons. The Balaban J connectivity index is 2.36. The second kappa shape index (κ2) is 7.92. The molecule has 5 heteroatoms. The van der Waals surface area contributed by atoms with Crippen molar-refractivity contribution in [3.63, 3.8) is 0 Å². The van der Waals surface area contributed by atoms with Crippen LogP contribution in [0, 0.1) is 0 Å². The fraction of sp³-hybridized carbons (Fsp3) is 0.417. The van der Waals surface area contributed by atoms with Crippen LogP contribution in [0.3, 0.4) is 0 Å². The van der Waals surface area contributed by atoms with Gasteiger partial charge in [-0.1, -0.05) is 12.1 Å². The average molecular weight is 258 g/mol. The van der Waals surface area contributed by atoms with Crippen molar-refractivity contribution in [2.45, 2.75) is 6.54 Å². The van der Waals surface area contributed by atoms with Crippen LogP contribution in [0.25, 0.3) is 0 Å². The molecule has 0 heterocycles. The third-order valence-electron chi connectivity index (χ3n) is 2.09. The van der Waals surface area contributed by atoms with Crippen molar-refractivity contribution in [1.82, 2.24) is 5.32 Å². The molecule has 1 N–H and O–H groups in total. The fourth-order valence-corrected chi connectivity index (χ4v) is 1.29. The summed E-state index contributed by atoms with van der Waals surface area (Å²) in [5.41, 5.74) is 1.00. The molecular weight excluding hydrogens is 242 g/mol. The number of carbonyl (C=O) groups is 1. The molecule has 0 atom stereocenters. The van der Waals surface area contributed by atoms with Gasteiger partial charge in [0.2, 0.25) is 5.91 Å². The first-order valence-corrected chi connectivity index (χ1v) is 5.83. The molecule has 0 saturated carbocycles. The Morgan fingerprint density at radius 3 is 2.59 bits per heavy atom. The van der Waals surface area contributed by atoms with E-state index in [0.29, 0.717) is 19.8 Å². The van der Waals surface area contributed by atoms with Crippen molar-refractivity contribution in [1.29, 1.82) is 0 Å². The summed E-state index contributed by atoms with van der Waals surface area (Å²) in [5, 5.41) is 2.69. The molecule has 0 aliphatic rings. The van der Waals surface area contributed by atoms with Crippen LogP contribution in [0.5, 0.6) is 5.75 Å². The Hall–Kier alpha value is -1.26. The van der Waals surface area contributed by atoms with Crippen LogP contribution >= 0.6 is 11.6 Å². The number of methoxy groups -OCH3 is 1. The fourth-order valence-electron chi connectivity index (χ4n) is 1.19. The lowest BCUT2D eigenvalue weighted by Crippen LogP contribution is -2.23. The van der Waals surface area contributed by atoms with Gasteiger partial charge in [-0.05, 0) is 17.7 Å². The van der Waals surface area contributed by atoms with E-state index in [1.807, 2.05) is 24.3 Å². The topological polar surface area (TPSA) is 47.6 Å². The van der Waals surface area contributed by atoms with E-state index >= 15 is 0 Å². The number of amides is 1. The van der Waals surface area contributed by atoms with Crippen LogP contribution in [0.15, 0.2) is 24.3 Å². The lowest BCUT2D eigenvalue weighted by Gasteiger charge is -2.07. The maximum absolute atomic E-state index is 10.9. The van der Waals surface area contributed by atoms with Crippen LogP contribution in [-0.2, 0) is 16.1 Å². The smallest absolute Gasteiger partial charge is 0.235 e. The minimum Gasteiger partial charge on any atom is -0.491 e. The molecule has 94 valence electrons. The average Bonchev–Trinajstić information content (AvgIpc) is 2.37. The molecule has 0 aliphatic heterocycles. The molecule has 0 spiro atoms. The molecule has 0 bridgehead atoms. The van der Waals surface area contributed by atoms with E-state index in [0.717, 1.165) is 11.3 Å². The molecule has 0 aromatic heterocycles. The van der Waals surface area contributed by atoms with E-state index < -0.39 is 0 Å². The summed E-state index contributed by atoms with van der Waals surface area (Å²) in [6.07, 6.45) is 0. The molecule has 1 aromatic rings. The Kier molecular flexibility index (Phi) is 6.43. The van der Waals surface area contributed by atoms with Crippen LogP contribution in [0.2, 0.25) is 0 Å². The van der Waals surface area contributed by atoms with E-state index in [2.05, 4.69) is 5.32 Å². The maximum atomic E-state index is 10.9. The minimum absolute atomic E-state index is 0.0157. The highest BCUT2D eigenvalue weighted by Crippen LogP contribution is 2.11. The first-order chi connectivity index (χ1) is 8.26. The van der Waals surface area contributed by atoms with Gasteiger partial charge in [-0.25, -0.2) is 0 Å². The van der Waals surface area contributed by atoms with Gasteiger partial charge in [0.15, 0.2) is 0 Å². The highest BCUT2D eigenvalue weighted by molar-refractivity contribution is 6.27. The number of ether oxygens (including phenoxy) is 2. The van der Waals surface area contributed by atoms with Crippen molar-refractivity contribution in [2.75, 3.05) is 26.2 Å². The summed E-state index contributed by atoms with van der Waals surface area (Å²) < 4.78 is 10.3. The van der Waals surface area contributed by atoms with Gasteiger partial charge < -0.3 is 14.8 Å². The summed E-state index contributed by atoms with van der Waals surface area (Å²) in [7, 11) is 1.63. The second-order valence-electron chi connectivity index (χ2n) is 3.40. The third-order valence-corrected chi connectivity index (χ3v) is 2.33. The van der Waals surface area contributed by atoms with Gasteiger partial charge in [-0.15, -0.1) is 11.6 Å². The van der Waals surface area contributed by atoms with Crippen LogP contribution in [-0.4, -0.2) is 32.1 Å². The quantitative estimate of drug-likeness (QED) is 0.596. The number of hydrogen-bond acceptors (Lipinski definition) is 3. The van der Waals surface area contributed by atoms with Gasteiger partial charge in [0.05, 0.1) is 6.61 Å². The molecule has 1 rings (SSSR count). The molecule has 0 unspecified atom stereocenters. The molecule has 0 fully saturated rings. The predicted octanol–water partition coefficient (Wildman–Crippen LogP) is 1.57. The summed E-state index contributed by atoms with van der Waals surface area (Å²) >= 11 is 5.37. The van der Waals surface area contributed by atoms with Gasteiger partial charge in [-0.3, -0.25) is 4.79 Å². The molecular formula is C12H16ClNO3. The van der Waals surface area contributed by atoms with Gasteiger partial charge in [0.25, 0.3) is 0 Å². The number of rotatable bonds is 7. The van der Waals surface area contributed by atoms with Crippen molar-refractivity contribution in [2.24, 2.45) is 0 Å². The first-order valence-electron chi connectivity index (χ1n) is 5.29. The lowest BCUT2D eigenvalue weighted by molar-refractivity contribution is -0.118. The molecule has 4 nitrogen and oxygen atoms in total. The third kappa shape index (κ3) is 5.56. The zero-order valence-corrected chi connectivity index (χ0v) is 10.5. The van der Waals surface area contributed by atoms with E-state index in [9.17, 15) is 4.79 Å². The van der Waals surface area contributed by atoms with Gasteiger partial charge in [0, 0.05) is 13.7 Å². The second-order valence-corrected chi connectivity index (χ2v) is 3.66. The van der Waals surface area contributed by atoms with Crippen molar-refractivity contribution in [3.8, 4) is 5.75 Å². The zero-order valence-electron chi connectivity index (χ0n) is 9.74. The standard InChI is InChI=1S/C12H16ClNO3/c1-16-6-7-17-11-4-2-10(3-5-11)9-14-12(15)8-13/h2-5H,6-9H2,1H3,(H,14,15). The Morgan fingerprint density at radius 1 is 1.29 bits per heavy atom. The normalized spacial score (nSPS) is 10.0. The zero-order chi connectivity index (χ0) is 12.5. The lowest BCUT2D eigenvalue weighted by atomic mass is 10.2. The van der Waals surface area contributed by atoms with E-state index in [4.69, 9.17) is 21.1 Å². The molecule has 0 aliphatic carbocycles. The summed E-state index contributed by atoms with van der Waals surface area (Å²) in [5.74, 6) is 0.597. The summed E-state index contributed by atoms with van der Waals surface area (Å²) in [4.78, 5) is 10.9. The number of halogens is 1. The van der Waals surface area contributed by atoms with Gasteiger partial charge in [-0.2, -0.15) is 0 Å². The Labute approximate surface area is 106 Å². The molecule has 17 heavy (non-hydrogen) atoms. The first kappa shape index (κ1) is 13.8. The van der Waals surface area contributed by atoms with E-state index in [-0.39, 0.29) is 11.8 Å². The Morgan fingerprint density at radius 2 is 2.00 bits per heavy atom. The number of nitrogens with one attached hydrogen (secondary N) is 1. The monoisotopic (exact) mass is 257 g/mol. The summed E-state index contributed by atoms with van der Waals surface area (Å²) in [6, 6.07) is 7.52. The van der Waals surface area contributed by atoms with Crippen molar-refractivity contribution in [3.05, 3.63) is 29.8 Å². The van der Waals surface area contributed by atoms with E-state index in [1.165, 1.54) is 0 Å². The minimum atomic E-state index is -0.174. The van der Waals surface area contributed by atoms with Crippen molar-refractivity contribution >= 4 is 17.5 Å². The van der Waals surface area contributed by atoms with Crippen LogP contribution < -0.4 is 10.1 Å². The SMILES string of the molecule is COCCOc1ccc(CNC(=O)CCl)cc1. The van der Waals surface area contributed by atoms with Crippen LogP contribution in [0.4, 0.5) is 0 Å². The molecule has 0 saturated heterocycles. The number of hydrogen-bond donors (Lipinski definition) is 1. The number of benzene rings is 1. The maximum Gasteiger partial charge on any atom is 0.235 e. The number of alkyl halides is 1.